The Hall–Kier alpha value is -2.36. The van der Waals surface area contributed by atoms with Gasteiger partial charge in [-0.1, -0.05) is 35.9 Å². The SMILES string of the molecule is CCn1c(SCC(=O)Nc2ccc(C)cc2)nc2cc(S(=O)(=O)N3CCCCC3)ccc21. The van der Waals surface area contributed by atoms with E-state index >= 15 is 0 Å². The number of fused-ring (bicyclic) bond motifs is 1. The number of rotatable bonds is 7. The zero-order valence-corrected chi connectivity index (χ0v) is 20.0. The van der Waals surface area contributed by atoms with E-state index in [2.05, 4.69) is 10.3 Å². The maximum absolute atomic E-state index is 13.0. The molecule has 1 saturated heterocycles. The standard InChI is InChI=1S/C23H28N4O3S2/c1-3-27-21-12-11-19(32(29,30)26-13-5-4-6-14-26)15-20(21)25-23(27)31-16-22(28)24-18-9-7-17(2)8-10-18/h7-12,15H,3-6,13-14,16H2,1-2H3,(H,24,28). The first-order valence-corrected chi connectivity index (χ1v) is 13.3. The lowest BCUT2D eigenvalue weighted by molar-refractivity contribution is -0.113. The second-order valence-electron chi connectivity index (χ2n) is 7.96. The number of piperidine rings is 1. The highest BCUT2D eigenvalue weighted by Crippen LogP contribution is 2.28. The summed E-state index contributed by atoms with van der Waals surface area (Å²) in [6.45, 7) is 5.83. The molecule has 0 aliphatic carbocycles. The highest BCUT2D eigenvalue weighted by molar-refractivity contribution is 7.99. The van der Waals surface area contributed by atoms with E-state index < -0.39 is 10.0 Å². The molecule has 1 N–H and O–H groups in total. The molecule has 32 heavy (non-hydrogen) atoms. The molecule has 3 aromatic rings. The van der Waals surface area contributed by atoms with E-state index in [1.165, 1.54) is 11.8 Å². The van der Waals surface area contributed by atoms with Crippen molar-refractivity contribution in [3.8, 4) is 0 Å². The van der Waals surface area contributed by atoms with Crippen molar-refractivity contribution in [2.75, 3.05) is 24.2 Å². The number of anilines is 1. The summed E-state index contributed by atoms with van der Waals surface area (Å²) in [6.07, 6.45) is 2.87. The smallest absolute Gasteiger partial charge is 0.243 e. The van der Waals surface area contributed by atoms with E-state index in [0.717, 1.165) is 36.0 Å². The minimum absolute atomic E-state index is 0.109. The number of carbonyl (C=O) groups excluding carboxylic acids is 1. The zero-order chi connectivity index (χ0) is 22.7. The molecule has 2 aromatic carbocycles. The summed E-state index contributed by atoms with van der Waals surface area (Å²) in [5.41, 5.74) is 3.39. The van der Waals surface area contributed by atoms with Gasteiger partial charge in [0, 0.05) is 25.3 Å². The average Bonchev–Trinajstić information content (AvgIpc) is 3.16. The minimum Gasteiger partial charge on any atom is -0.325 e. The van der Waals surface area contributed by atoms with Crippen LogP contribution in [-0.2, 0) is 21.4 Å². The second-order valence-corrected chi connectivity index (χ2v) is 10.8. The topological polar surface area (TPSA) is 84.3 Å². The number of sulfonamides is 1. The van der Waals surface area contributed by atoms with Crippen molar-refractivity contribution in [3.05, 3.63) is 48.0 Å². The van der Waals surface area contributed by atoms with Crippen molar-refractivity contribution in [1.82, 2.24) is 13.9 Å². The lowest BCUT2D eigenvalue weighted by Crippen LogP contribution is -2.35. The molecule has 170 valence electrons. The Bertz CT molecular complexity index is 1210. The first kappa shape index (κ1) is 22.8. The van der Waals surface area contributed by atoms with Gasteiger partial charge in [0.1, 0.15) is 0 Å². The second kappa shape index (κ2) is 9.64. The molecule has 1 fully saturated rings. The van der Waals surface area contributed by atoms with E-state index in [9.17, 15) is 13.2 Å². The van der Waals surface area contributed by atoms with Crippen LogP contribution >= 0.6 is 11.8 Å². The first-order chi connectivity index (χ1) is 15.4. The number of benzene rings is 2. The molecule has 1 amide bonds. The highest BCUT2D eigenvalue weighted by atomic mass is 32.2. The Labute approximate surface area is 193 Å². The molecule has 1 aromatic heterocycles. The van der Waals surface area contributed by atoms with Crippen molar-refractivity contribution in [2.24, 2.45) is 0 Å². The van der Waals surface area contributed by atoms with Crippen molar-refractivity contribution < 1.29 is 13.2 Å². The van der Waals surface area contributed by atoms with Gasteiger partial charge >= 0.3 is 0 Å². The van der Waals surface area contributed by atoms with Crippen LogP contribution in [0.2, 0.25) is 0 Å². The van der Waals surface area contributed by atoms with E-state index in [0.29, 0.717) is 30.3 Å². The van der Waals surface area contributed by atoms with Crippen molar-refractivity contribution in [1.29, 1.82) is 0 Å². The number of aromatic nitrogens is 2. The van der Waals surface area contributed by atoms with Gasteiger partial charge in [-0.05, 0) is 57.0 Å². The Morgan fingerprint density at radius 1 is 1.09 bits per heavy atom. The number of carbonyl (C=O) groups is 1. The van der Waals surface area contributed by atoms with Crippen LogP contribution < -0.4 is 5.32 Å². The van der Waals surface area contributed by atoms with Crippen molar-refractivity contribution >= 4 is 44.4 Å². The molecule has 0 radical (unpaired) electrons. The molecule has 4 rings (SSSR count). The summed E-state index contributed by atoms with van der Waals surface area (Å²) in [4.78, 5) is 17.3. The molecule has 1 aliphatic rings. The Morgan fingerprint density at radius 2 is 1.81 bits per heavy atom. The van der Waals surface area contributed by atoms with Crippen LogP contribution in [0.5, 0.6) is 0 Å². The summed E-state index contributed by atoms with van der Waals surface area (Å²) >= 11 is 1.35. The van der Waals surface area contributed by atoms with Gasteiger partial charge < -0.3 is 9.88 Å². The third-order valence-electron chi connectivity index (χ3n) is 5.62. The zero-order valence-electron chi connectivity index (χ0n) is 18.4. The number of amides is 1. The molecular weight excluding hydrogens is 444 g/mol. The van der Waals surface area contributed by atoms with Gasteiger partial charge in [0.15, 0.2) is 5.16 Å². The summed E-state index contributed by atoms with van der Waals surface area (Å²) in [7, 11) is -3.51. The minimum atomic E-state index is -3.51. The third-order valence-corrected chi connectivity index (χ3v) is 8.49. The van der Waals surface area contributed by atoms with Crippen LogP contribution in [0.3, 0.4) is 0 Å². The number of hydrogen-bond acceptors (Lipinski definition) is 5. The summed E-state index contributed by atoms with van der Waals surface area (Å²) in [6, 6.07) is 12.8. The fraction of sp³-hybridized carbons (Fsp3) is 0.391. The van der Waals surface area contributed by atoms with E-state index in [1.807, 2.05) is 48.7 Å². The molecule has 1 aliphatic heterocycles. The molecule has 0 bridgehead atoms. The molecular formula is C23H28N4O3S2. The quantitative estimate of drug-likeness (QED) is 0.519. The van der Waals surface area contributed by atoms with Crippen LogP contribution in [0, 0.1) is 6.92 Å². The molecule has 0 saturated carbocycles. The van der Waals surface area contributed by atoms with Gasteiger partial charge in [-0.3, -0.25) is 4.79 Å². The van der Waals surface area contributed by atoms with Crippen LogP contribution in [-0.4, -0.2) is 47.0 Å². The Kier molecular flexibility index (Phi) is 6.88. The number of nitrogens with zero attached hydrogens (tertiary/aromatic N) is 3. The van der Waals surface area contributed by atoms with Crippen LogP contribution in [0.1, 0.15) is 31.7 Å². The van der Waals surface area contributed by atoms with Gasteiger partial charge in [-0.15, -0.1) is 0 Å². The fourth-order valence-electron chi connectivity index (χ4n) is 3.88. The molecule has 0 spiro atoms. The largest absolute Gasteiger partial charge is 0.325 e. The Morgan fingerprint density at radius 3 is 2.50 bits per heavy atom. The lowest BCUT2D eigenvalue weighted by atomic mass is 10.2. The third kappa shape index (κ3) is 4.84. The number of hydrogen-bond donors (Lipinski definition) is 1. The van der Waals surface area contributed by atoms with E-state index in [-0.39, 0.29) is 16.6 Å². The lowest BCUT2D eigenvalue weighted by Gasteiger charge is -2.25. The van der Waals surface area contributed by atoms with E-state index in [4.69, 9.17) is 0 Å². The van der Waals surface area contributed by atoms with Gasteiger partial charge in [0.2, 0.25) is 15.9 Å². The summed E-state index contributed by atoms with van der Waals surface area (Å²) < 4.78 is 29.6. The van der Waals surface area contributed by atoms with Crippen molar-refractivity contribution in [2.45, 2.75) is 49.7 Å². The van der Waals surface area contributed by atoms with Crippen LogP contribution in [0.4, 0.5) is 5.69 Å². The number of imidazole rings is 1. The maximum Gasteiger partial charge on any atom is 0.243 e. The van der Waals surface area contributed by atoms with Crippen molar-refractivity contribution in [3.63, 3.8) is 0 Å². The highest BCUT2D eigenvalue weighted by Gasteiger charge is 2.26. The maximum atomic E-state index is 13.0. The van der Waals surface area contributed by atoms with Crippen LogP contribution in [0.15, 0.2) is 52.5 Å². The number of nitrogens with one attached hydrogen (secondary N) is 1. The van der Waals surface area contributed by atoms with Crippen LogP contribution in [0.25, 0.3) is 11.0 Å². The summed E-state index contributed by atoms with van der Waals surface area (Å²) in [5.74, 6) is 0.109. The molecule has 2 heterocycles. The monoisotopic (exact) mass is 472 g/mol. The molecule has 0 unspecified atom stereocenters. The fourth-order valence-corrected chi connectivity index (χ4v) is 6.30. The molecule has 0 atom stereocenters. The van der Waals surface area contributed by atoms with Gasteiger partial charge in [0.25, 0.3) is 0 Å². The van der Waals surface area contributed by atoms with Gasteiger partial charge in [0.05, 0.1) is 21.7 Å². The molecule has 9 heteroatoms. The Balaban J connectivity index is 1.52. The van der Waals surface area contributed by atoms with Gasteiger partial charge in [-0.2, -0.15) is 4.31 Å². The number of thioether (sulfide) groups is 1. The number of aryl methyl sites for hydroxylation is 2. The summed E-state index contributed by atoms with van der Waals surface area (Å²) in [5, 5.41) is 3.60. The normalized spacial score (nSPS) is 15.2. The van der Waals surface area contributed by atoms with E-state index in [1.54, 1.807) is 16.4 Å². The predicted molar refractivity (Wildman–Crippen MR) is 129 cm³/mol. The first-order valence-electron chi connectivity index (χ1n) is 10.9. The predicted octanol–water partition coefficient (Wildman–Crippen LogP) is 4.27. The average molecular weight is 473 g/mol. The van der Waals surface area contributed by atoms with Gasteiger partial charge in [-0.25, -0.2) is 13.4 Å². The molecule has 7 nitrogen and oxygen atoms in total.